The van der Waals surface area contributed by atoms with Crippen LogP contribution in [0.15, 0.2) is 83.8 Å². The Morgan fingerprint density at radius 3 is 2.29 bits per heavy atom. The van der Waals surface area contributed by atoms with E-state index in [2.05, 4.69) is 27.9 Å². The summed E-state index contributed by atoms with van der Waals surface area (Å²) in [7, 11) is 0. The van der Waals surface area contributed by atoms with E-state index in [0.29, 0.717) is 5.69 Å². The molecular formula is C21H14N2O. The van der Waals surface area contributed by atoms with Gasteiger partial charge in [0.15, 0.2) is 0 Å². The summed E-state index contributed by atoms with van der Waals surface area (Å²) in [4.78, 5) is 12.9. The Bertz CT molecular complexity index is 1240. The zero-order valence-electron chi connectivity index (χ0n) is 12.9. The van der Waals surface area contributed by atoms with Crippen LogP contribution in [-0.2, 0) is 0 Å². The molecular weight excluding hydrogens is 296 g/mol. The van der Waals surface area contributed by atoms with E-state index in [4.69, 9.17) is 0 Å². The molecule has 3 heteroatoms. The fraction of sp³-hybridized carbons (Fsp3) is 0. The number of nitrogens with one attached hydrogen (secondary N) is 1. The zero-order chi connectivity index (χ0) is 16.1. The maximum Gasteiger partial charge on any atom is 0.212 e. The topological polar surface area (TPSA) is 33.5 Å². The molecule has 5 aromatic rings. The smallest absolute Gasteiger partial charge is 0.212 e. The fourth-order valence-electron chi connectivity index (χ4n) is 3.47. The highest BCUT2D eigenvalue weighted by molar-refractivity contribution is 6.14. The predicted molar refractivity (Wildman–Crippen MR) is 99.6 cm³/mol. The second-order valence-corrected chi connectivity index (χ2v) is 5.95. The molecule has 5 rings (SSSR count). The van der Waals surface area contributed by atoms with Crippen LogP contribution < -0.4 is 10.7 Å². The number of para-hydroxylation sites is 3. The van der Waals surface area contributed by atoms with E-state index in [9.17, 15) is 4.79 Å². The van der Waals surface area contributed by atoms with Crippen LogP contribution in [-0.4, -0.2) is 4.40 Å². The minimum atomic E-state index is 0.0276. The lowest BCUT2D eigenvalue weighted by atomic mass is 10.1. The minimum absolute atomic E-state index is 0.0276. The number of benzene rings is 3. The molecule has 24 heavy (non-hydrogen) atoms. The Hall–Kier alpha value is -3.33. The van der Waals surface area contributed by atoms with Gasteiger partial charge >= 0.3 is 0 Å². The molecule has 0 aliphatic heterocycles. The van der Waals surface area contributed by atoms with Gasteiger partial charge in [-0.2, -0.15) is 0 Å². The maximum atomic E-state index is 12.9. The van der Waals surface area contributed by atoms with Crippen LogP contribution >= 0.6 is 0 Å². The lowest BCUT2D eigenvalue weighted by molar-refractivity contribution is 1.25. The van der Waals surface area contributed by atoms with Crippen LogP contribution in [0.4, 0.5) is 11.4 Å². The SMILES string of the molecule is O=c1c(Nc2ccccc2)cn2c3ccccc3c3cccc1c32. The van der Waals surface area contributed by atoms with Crippen molar-refractivity contribution >= 4 is 38.6 Å². The van der Waals surface area contributed by atoms with E-state index in [-0.39, 0.29) is 5.43 Å². The minimum Gasteiger partial charge on any atom is -0.351 e. The number of fused-ring (bicyclic) bond motifs is 3. The number of pyridine rings is 1. The fourth-order valence-corrected chi connectivity index (χ4v) is 3.47. The van der Waals surface area contributed by atoms with E-state index >= 15 is 0 Å². The number of aromatic nitrogens is 1. The summed E-state index contributed by atoms with van der Waals surface area (Å²) < 4.78 is 2.12. The second kappa shape index (κ2) is 4.83. The van der Waals surface area contributed by atoms with E-state index in [0.717, 1.165) is 27.5 Å². The van der Waals surface area contributed by atoms with Crippen molar-refractivity contribution in [3.63, 3.8) is 0 Å². The third kappa shape index (κ3) is 1.75. The van der Waals surface area contributed by atoms with Gasteiger partial charge in [-0.15, -0.1) is 0 Å². The van der Waals surface area contributed by atoms with Gasteiger partial charge in [-0.1, -0.05) is 48.5 Å². The first-order valence-corrected chi connectivity index (χ1v) is 7.93. The number of rotatable bonds is 2. The van der Waals surface area contributed by atoms with Crippen LogP contribution in [0.5, 0.6) is 0 Å². The molecule has 0 aliphatic rings. The van der Waals surface area contributed by atoms with Gasteiger partial charge in [-0.25, -0.2) is 0 Å². The molecule has 2 aromatic heterocycles. The van der Waals surface area contributed by atoms with Gasteiger partial charge in [0, 0.05) is 28.0 Å². The van der Waals surface area contributed by atoms with Crippen LogP contribution in [0.2, 0.25) is 0 Å². The summed E-state index contributed by atoms with van der Waals surface area (Å²) in [5, 5.41) is 6.28. The summed E-state index contributed by atoms with van der Waals surface area (Å²) in [5.41, 5.74) is 3.62. The van der Waals surface area contributed by atoms with E-state index in [1.54, 1.807) is 0 Å². The van der Waals surface area contributed by atoms with Gasteiger partial charge in [-0.3, -0.25) is 4.79 Å². The van der Waals surface area contributed by atoms with Crippen molar-refractivity contribution in [1.29, 1.82) is 0 Å². The summed E-state index contributed by atoms with van der Waals surface area (Å²) in [6, 6.07) is 24.0. The standard InChI is InChI=1S/C21H14N2O/c24-21-17-11-6-10-16-15-9-4-5-12-19(15)23(20(16)17)13-18(21)22-14-7-2-1-3-8-14/h1-13,22H. The molecule has 1 N–H and O–H groups in total. The molecule has 0 atom stereocenters. The predicted octanol–water partition coefficient (Wildman–Crippen LogP) is 4.79. The largest absolute Gasteiger partial charge is 0.351 e. The highest BCUT2D eigenvalue weighted by Gasteiger charge is 2.14. The van der Waals surface area contributed by atoms with E-state index in [1.807, 2.05) is 60.8 Å². The Labute approximate surface area is 138 Å². The summed E-state index contributed by atoms with van der Waals surface area (Å²) in [6.07, 6.45) is 1.91. The first kappa shape index (κ1) is 13.1. The third-order valence-electron chi connectivity index (χ3n) is 4.53. The summed E-state index contributed by atoms with van der Waals surface area (Å²) >= 11 is 0. The van der Waals surface area contributed by atoms with Crippen molar-refractivity contribution in [2.24, 2.45) is 0 Å². The molecule has 0 radical (unpaired) electrons. The molecule has 0 spiro atoms. The first-order valence-electron chi connectivity index (χ1n) is 7.93. The third-order valence-corrected chi connectivity index (χ3v) is 4.53. The maximum absolute atomic E-state index is 12.9. The average Bonchev–Trinajstić information content (AvgIpc) is 2.95. The molecule has 0 saturated carbocycles. The number of hydrogen-bond donors (Lipinski definition) is 1. The Kier molecular flexibility index (Phi) is 2.65. The van der Waals surface area contributed by atoms with Crippen molar-refractivity contribution in [1.82, 2.24) is 4.40 Å². The lowest BCUT2D eigenvalue weighted by Crippen LogP contribution is -2.10. The molecule has 3 aromatic carbocycles. The Morgan fingerprint density at radius 2 is 1.42 bits per heavy atom. The van der Waals surface area contributed by atoms with Crippen LogP contribution in [0.25, 0.3) is 27.2 Å². The van der Waals surface area contributed by atoms with Crippen molar-refractivity contribution in [2.75, 3.05) is 5.32 Å². The Morgan fingerprint density at radius 1 is 0.708 bits per heavy atom. The van der Waals surface area contributed by atoms with Crippen molar-refractivity contribution in [3.8, 4) is 0 Å². The van der Waals surface area contributed by atoms with Gasteiger partial charge in [0.2, 0.25) is 5.43 Å². The molecule has 0 unspecified atom stereocenters. The molecule has 114 valence electrons. The van der Waals surface area contributed by atoms with Crippen LogP contribution in [0.1, 0.15) is 0 Å². The van der Waals surface area contributed by atoms with Crippen molar-refractivity contribution in [3.05, 3.63) is 89.2 Å². The Balaban J connectivity index is 1.89. The monoisotopic (exact) mass is 310 g/mol. The quantitative estimate of drug-likeness (QED) is 0.509. The van der Waals surface area contributed by atoms with Gasteiger partial charge in [0.1, 0.15) is 5.69 Å². The van der Waals surface area contributed by atoms with Crippen LogP contribution in [0.3, 0.4) is 0 Å². The first-order chi connectivity index (χ1) is 11.8. The molecule has 0 amide bonds. The zero-order valence-corrected chi connectivity index (χ0v) is 12.9. The number of hydrogen-bond acceptors (Lipinski definition) is 2. The molecule has 0 bridgehead atoms. The van der Waals surface area contributed by atoms with Crippen molar-refractivity contribution in [2.45, 2.75) is 0 Å². The highest BCUT2D eigenvalue weighted by Crippen LogP contribution is 2.31. The van der Waals surface area contributed by atoms with Crippen LogP contribution in [0, 0.1) is 0 Å². The number of anilines is 2. The molecule has 3 nitrogen and oxygen atoms in total. The van der Waals surface area contributed by atoms with Gasteiger partial charge in [-0.05, 0) is 24.3 Å². The highest BCUT2D eigenvalue weighted by atomic mass is 16.1. The van der Waals surface area contributed by atoms with E-state index in [1.165, 1.54) is 5.39 Å². The molecule has 0 fully saturated rings. The second-order valence-electron chi connectivity index (χ2n) is 5.95. The van der Waals surface area contributed by atoms with E-state index < -0.39 is 0 Å². The lowest BCUT2D eigenvalue weighted by Gasteiger charge is -2.08. The summed E-state index contributed by atoms with van der Waals surface area (Å²) in [6.45, 7) is 0. The van der Waals surface area contributed by atoms with Gasteiger partial charge in [0.25, 0.3) is 0 Å². The molecule has 0 aliphatic carbocycles. The molecule has 0 saturated heterocycles. The summed E-state index contributed by atoms with van der Waals surface area (Å²) in [5.74, 6) is 0. The van der Waals surface area contributed by atoms with Crippen molar-refractivity contribution < 1.29 is 0 Å². The normalized spacial score (nSPS) is 11.5. The van der Waals surface area contributed by atoms with Gasteiger partial charge < -0.3 is 9.72 Å². The average molecular weight is 310 g/mol. The molecule has 2 heterocycles. The number of nitrogens with zero attached hydrogens (tertiary/aromatic N) is 1. The van der Waals surface area contributed by atoms with Gasteiger partial charge in [0.05, 0.1) is 11.0 Å².